The number of nitrogens with zero attached hydrogens (tertiary/aromatic N) is 3. The zero-order chi connectivity index (χ0) is 7.84. The molecule has 0 unspecified atom stereocenters. The molecule has 0 bridgehead atoms. The van der Waals surface area contributed by atoms with Crippen LogP contribution in [-0.4, -0.2) is 23.4 Å². The van der Waals surface area contributed by atoms with Gasteiger partial charge in [0.15, 0.2) is 0 Å². The molecule has 11 heavy (non-hydrogen) atoms. The van der Waals surface area contributed by atoms with E-state index in [9.17, 15) is 0 Å². The molecular weight excluding hydrogens is 140 g/mol. The Hall–Kier alpha value is -1.45. The summed E-state index contributed by atoms with van der Waals surface area (Å²) in [7, 11) is 1.95. The second kappa shape index (κ2) is 2.02. The van der Waals surface area contributed by atoms with Gasteiger partial charge in [-0.2, -0.15) is 15.8 Å². The van der Waals surface area contributed by atoms with Crippen molar-refractivity contribution >= 4 is 6.21 Å². The average molecular weight is 149 g/mol. The van der Waals surface area contributed by atoms with E-state index in [1.54, 1.807) is 0 Å². The number of hydrogen-bond donors (Lipinski definition) is 1. The van der Waals surface area contributed by atoms with Gasteiger partial charge in [0.1, 0.15) is 6.21 Å². The van der Waals surface area contributed by atoms with E-state index >= 15 is 0 Å². The summed E-state index contributed by atoms with van der Waals surface area (Å²) >= 11 is 0. The number of hydrogen-bond acceptors (Lipinski definition) is 4. The molecule has 0 atom stereocenters. The molecule has 4 heteroatoms. The lowest BCUT2D eigenvalue weighted by Gasteiger charge is -2.29. The molecule has 0 aromatic heterocycles. The first-order chi connectivity index (χ1) is 5.29. The van der Waals surface area contributed by atoms with Crippen molar-refractivity contribution in [2.75, 3.05) is 7.05 Å². The van der Waals surface area contributed by atoms with E-state index in [0.717, 1.165) is 11.3 Å². The predicted octanol–water partition coefficient (Wildman–Crippen LogP) is 0.318. The van der Waals surface area contributed by atoms with Crippen LogP contribution in [0.4, 0.5) is 0 Å². The summed E-state index contributed by atoms with van der Waals surface area (Å²) in [5, 5.41) is 7.61. The third-order valence-electron chi connectivity index (χ3n) is 1.74. The van der Waals surface area contributed by atoms with Gasteiger partial charge in [-0.25, -0.2) is 0 Å². The molecule has 0 saturated carbocycles. The van der Waals surface area contributed by atoms with Crippen molar-refractivity contribution < 1.29 is 0 Å². The van der Waals surface area contributed by atoms with Crippen molar-refractivity contribution in [3.05, 3.63) is 23.5 Å². The summed E-state index contributed by atoms with van der Waals surface area (Å²) in [6, 6.07) is 0. The molecule has 0 aromatic carbocycles. The molecule has 2 aliphatic rings. The molecule has 1 N–H and O–H groups in total. The molecule has 0 spiro atoms. The Labute approximate surface area is 65.4 Å². The van der Waals surface area contributed by atoms with Crippen LogP contribution in [0.1, 0.15) is 6.92 Å². The van der Waals surface area contributed by atoms with Crippen molar-refractivity contribution in [3.8, 4) is 0 Å². The average Bonchev–Trinajstić information content (AvgIpc) is 2.35. The Bertz CT molecular complexity index is 264. The van der Waals surface area contributed by atoms with Gasteiger partial charge in [0, 0.05) is 18.8 Å². The molecule has 4 nitrogen and oxygen atoms in total. The zero-order valence-electron chi connectivity index (χ0n) is 6.50. The summed E-state index contributed by atoms with van der Waals surface area (Å²) in [5.41, 5.74) is 4.96. The quantitative estimate of drug-likeness (QED) is 0.538. The van der Waals surface area contributed by atoms with E-state index in [2.05, 4.69) is 16.9 Å². The first-order valence-electron chi connectivity index (χ1n) is 3.42. The number of allylic oxidation sites excluding steroid dienone is 2. The molecule has 2 heterocycles. The predicted molar refractivity (Wildman–Crippen MR) is 42.0 cm³/mol. The van der Waals surface area contributed by atoms with Gasteiger partial charge in [-0.15, -0.1) is 0 Å². The summed E-state index contributed by atoms with van der Waals surface area (Å²) in [4.78, 5) is 0. The fourth-order valence-corrected chi connectivity index (χ4v) is 1.11. The fourth-order valence-electron chi connectivity index (χ4n) is 1.11. The van der Waals surface area contributed by atoms with Crippen LogP contribution in [0, 0.1) is 0 Å². The SMILES string of the molecule is CC1=C2C=CN(C)N2NN=[C]1. The second-order valence-corrected chi connectivity index (χ2v) is 2.54. The number of rotatable bonds is 0. The summed E-state index contributed by atoms with van der Waals surface area (Å²) < 4.78 is 0. The van der Waals surface area contributed by atoms with E-state index < -0.39 is 0 Å². The van der Waals surface area contributed by atoms with Crippen LogP contribution < -0.4 is 5.53 Å². The number of nitrogens with one attached hydrogen (secondary N) is 1. The lowest BCUT2D eigenvalue weighted by Crippen LogP contribution is -2.41. The second-order valence-electron chi connectivity index (χ2n) is 2.54. The van der Waals surface area contributed by atoms with Gasteiger partial charge in [0.05, 0.1) is 5.70 Å². The number of hydrazine groups is 2. The van der Waals surface area contributed by atoms with Gasteiger partial charge in [-0.3, -0.25) is 5.01 Å². The standard InChI is InChI=1S/C7H9N4/c1-6-5-8-9-11-7(6)3-4-10(11)2/h3-4,9H,1-2H3. The van der Waals surface area contributed by atoms with E-state index in [1.165, 1.54) is 0 Å². The Kier molecular flexibility index (Phi) is 1.15. The molecule has 0 amide bonds. The van der Waals surface area contributed by atoms with Gasteiger partial charge in [-0.05, 0) is 13.0 Å². The van der Waals surface area contributed by atoms with Crippen LogP contribution >= 0.6 is 0 Å². The van der Waals surface area contributed by atoms with Crippen LogP contribution in [0.3, 0.4) is 0 Å². The minimum Gasteiger partial charge on any atom is -0.276 e. The highest BCUT2D eigenvalue weighted by molar-refractivity contribution is 5.80. The molecular formula is C7H9N4. The van der Waals surface area contributed by atoms with Gasteiger partial charge < -0.3 is 0 Å². The van der Waals surface area contributed by atoms with Crippen LogP contribution in [-0.2, 0) is 0 Å². The number of fused-ring (bicyclic) bond motifs is 1. The van der Waals surface area contributed by atoms with E-state index in [1.807, 2.05) is 36.4 Å². The smallest absolute Gasteiger partial charge is 0.118 e. The Morgan fingerprint density at radius 3 is 3.18 bits per heavy atom. The molecule has 0 aromatic rings. The highest BCUT2D eigenvalue weighted by Crippen LogP contribution is 2.19. The molecule has 0 saturated heterocycles. The molecule has 0 aliphatic carbocycles. The normalized spacial score (nSPS) is 20.9. The maximum atomic E-state index is 3.84. The van der Waals surface area contributed by atoms with Crippen LogP contribution in [0.15, 0.2) is 28.6 Å². The molecule has 0 fully saturated rings. The summed E-state index contributed by atoms with van der Waals surface area (Å²) in [6.45, 7) is 1.98. The largest absolute Gasteiger partial charge is 0.276 e. The lowest BCUT2D eigenvalue weighted by molar-refractivity contribution is 0.0489. The van der Waals surface area contributed by atoms with Crippen LogP contribution in [0.5, 0.6) is 0 Å². The molecule has 57 valence electrons. The van der Waals surface area contributed by atoms with E-state index in [-0.39, 0.29) is 0 Å². The summed E-state index contributed by atoms with van der Waals surface area (Å²) in [5.74, 6) is 0. The van der Waals surface area contributed by atoms with Crippen molar-refractivity contribution in [2.24, 2.45) is 5.10 Å². The molecule has 1 radical (unpaired) electrons. The molecule has 2 aliphatic heterocycles. The first kappa shape index (κ1) is 6.27. The third-order valence-corrected chi connectivity index (χ3v) is 1.74. The van der Waals surface area contributed by atoms with Crippen LogP contribution in [0.2, 0.25) is 0 Å². The highest BCUT2D eigenvalue weighted by Gasteiger charge is 2.20. The maximum Gasteiger partial charge on any atom is 0.118 e. The first-order valence-corrected chi connectivity index (χ1v) is 3.42. The van der Waals surface area contributed by atoms with Gasteiger partial charge in [0.2, 0.25) is 0 Å². The topological polar surface area (TPSA) is 30.9 Å². The fraction of sp³-hybridized carbons (Fsp3) is 0.286. The van der Waals surface area contributed by atoms with E-state index in [4.69, 9.17) is 0 Å². The van der Waals surface area contributed by atoms with Gasteiger partial charge in [0.25, 0.3) is 0 Å². The Morgan fingerprint density at radius 1 is 1.64 bits per heavy atom. The number of hydrazone groups is 1. The van der Waals surface area contributed by atoms with E-state index in [0.29, 0.717) is 0 Å². The van der Waals surface area contributed by atoms with Crippen molar-refractivity contribution in [1.29, 1.82) is 0 Å². The summed E-state index contributed by atoms with van der Waals surface area (Å²) in [6.07, 6.45) is 6.83. The minimum absolute atomic E-state index is 1.05. The molecule has 2 rings (SSSR count). The minimum atomic E-state index is 1.05. The third kappa shape index (κ3) is 0.790. The van der Waals surface area contributed by atoms with Gasteiger partial charge in [-0.1, -0.05) is 0 Å². The van der Waals surface area contributed by atoms with Crippen molar-refractivity contribution in [3.63, 3.8) is 0 Å². The van der Waals surface area contributed by atoms with Crippen molar-refractivity contribution in [1.82, 2.24) is 15.7 Å². The van der Waals surface area contributed by atoms with Crippen molar-refractivity contribution in [2.45, 2.75) is 6.92 Å². The van der Waals surface area contributed by atoms with Gasteiger partial charge >= 0.3 is 0 Å². The lowest BCUT2D eigenvalue weighted by atomic mass is 10.2. The highest BCUT2D eigenvalue weighted by atomic mass is 15.9. The zero-order valence-corrected chi connectivity index (χ0v) is 6.50. The Morgan fingerprint density at radius 2 is 2.45 bits per heavy atom. The maximum absolute atomic E-state index is 3.84. The Balaban J connectivity index is 2.39. The van der Waals surface area contributed by atoms with Crippen LogP contribution in [0.25, 0.3) is 0 Å². The monoisotopic (exact) mass is 149 g/mol.